The van der Waals surface area contributed by atoms with E-state index in [1.165, 1.54) is 6.42 Å². The summed E-state index contributed by atoms with van der Waals surface area (Å²) in [6.07, 6.45) is 2.43. The fourth-order valence-electron chi connectivity index (χ4n) is 7.16. The van der Waals surface area contributed by atoms with Crippen LogP contribution in [-0.2, 0) is 38.1 Å². The van der Waals surface area contributed by atoms with Crippen LogP contribution in [0.3, 0.4) is 0 Å². The van der Waals surface area contributed by atoms with Crippen LogP contribution in [0.4, 0.5) is 0 Å². The molecule has 4 saturated heterocycles. The highest BCUT2D eigenvalue weighted by atomic mass is 16.7. The molecule has 2 aliphatic carbocycles. The number of carbonyl (C=O) groups excluding carboxylic acids is 3. The Labute approximate surface area is 187 Å². The van der Waals surface area contributed by atoms with Gasteiger partial charge in [-0.25, -0.2) is 0 Å². The SMILES string of the molecule is CCC1(OC(=O)C2C3OC4C(OC(=O)C42)C3OC(=O)CN2CCOCC2)CC2CCC1C2. The molecule has 0 amide bonds. The summed E-state index contributed by atoms with van der Waals surface area (Å²) in [6, 6.07) is 0. The molecule has 0 aromatic rings. The maximum absolute atomic E-state index is 13.4. The molecule has 9 unspecified atom stereocenters. The normalized spacial score (nSPS) is 46.5. The molecule has 6 rings (SSSR count). The second kappa shape index (κ2) is 7.67. The number of nitrogens with zero attached hydrogens (tertiary/aromatic N) is 1. The molecular weight excluding hydrogens is 418 g/mol. The molecular formula is C23H31NO8. The number of fused-ring (bicyclic) bond motifs is 3. The first-order valence-corrected chi connectivity index (χ1v) is 12.1. The Morgan fingerprint density at radius 2 is 1.97 bits per heavy atom. The molecule has 0 aromatic carbocycles. The summed E-state index contributed by atoms with van der Waals surface area (Å²) in [7, 11) is 0. The van der Waals surface area contributed by atoms with E-state index in [1.807, 2.05) is 4.90 Å². The van der Waals surface area contributed by atoms with E-state index in [0.29, 0.717) is 38.1 Å². The Bertz CT molecular complexity index is 812. The molecule has 32 heavy (non-hydrogen) atoms. The number of rotatable bonds is 6. The van der Waals surface area contributed by atoms with Gasteiger partial charge in [0.15, 0.2) is 12.2 Å². The van der Waals surface area contributed by atoms with Gasteiger partial charge in [0.05, 0.1) is 19.8 Å². The van der Waals surface area contributed by atoms with Crippen LogP contribution in [0.1, 0.15) is 39.0 Å². The van der Waals surface area contributed by atoms with Crippen molar-refractivity contribution >= 4 is 17.9 Å². The molecule has 6 fully saturated rings. The van der Waals surface area contributed by atoms with E-state index >= 15 is 0 Å². The molecule has 6 aliphatic rings. The number of carbonyl (C=O) groups is 3. The van der Waals surface area contributed by atoms with Gasteiger partial charge < -0.3 is 23.7 Å². The van der Waals surface area contributed by atoms with Gasteiger partial charge in [-0.3, -0.25) is 19.3 Å². The lowest BCUT2D eigenvalue weighted by Gasteiger charge is -2.38. The number of ether oxygens (including phenoxy) is 5. The van der Waals surface area contributed by atoms with Gasteiger partial charge >= 0.3 is 17.9 Å². The third-order valence-corrected chi connectivity index (χ3v) is 8.72. The van der Waals surface area contributed by atoms with E-state index in [9.17, 15) is 14.4 Å². The van der Waals surface area contributed by atoms with E-state index < -0.39 is 59.8 Å². The summed E-state index contributed by atoms with van der Waals surface area (Å²) in [4.78, 5) is 40.6. The number of esters is 3. The van der Waals surface area contributed by atoms with Gasteiger partial charge in [-0.2, -0.15) is 0 Å². The van der Waals surface area contributed by atoms with Crippen LogP contribution in [-0.4, -0.2) is 85.7 Å². The van der Waals surface area contributed by atoms with Gasteiger partial charge in [0.1, 0.15) is 29.6 Å². The van der Waals surface area contributed by atoms with Crippen molar-refractivity contribution in [1.82, 2.24) is 4.90 Å². The van der Waals surface area contributed by atoms with Gasteiger partial charge in [-0.1, -0.05) is 6.92 Å². The van der Waals surface area contributed by atoms with Gasteiger partial charge in [0, 0.05) is 13.1 Å². The maximum atomic E-state index is 13.4. The highest BCUT2D eigenvalue weighted by Crippen LogP contribution is 2.56. The van der Waals surface area contributed by atoms with Crippen molar-refractivity contribution in [3.63, 3.8) is 0 Å². The van der Waals surface area contributed by atoms with Crippen LogP contribution in [0, 0.1) is 23.7 Å². The van der Waals surface area contributed by atoms with Crippen molar-refractivity contribution in [2.24, 2.45) is 23.7 Å². The molecule has 4 heterocycles. The van der Waals surface area contributed by atoms with Crippen LogP contribution in [0.2, 0.25) is 0 Å². The average molecular weight is 450 g/mol. The zero-order valence-corrected chi connectivity index (χ0v) is 18.4. The summed E-state index contributed by atoms with van der Waals surface area (Å²) in [5, 5.41) is 0. The van der Waals surface area contributed by atoms with Crippen molar-refractivity contribution in [2.45, 2.75) is 69.0 Å². The van der Waals surface area contributed by atoms with E-state index in [4.69, 9.17) is 23.7 Å². The smallest absolute Gasteiger partial charge is 0.320 e. The molecule has 4 bridgehead atoms. The van der Waals surface area contributed by atoms with Crippen LogP contribution >= 0.6 is 0 Å². The first-order valence-electron chi connectivity index (χ1n) is 12.1. The topological polar surface area (TPSA) is 101 Å². The molecule has 0 N–H and O–H groups in total. The Hall–Kier alpha value is -1.71. The number of morpholine rings is 1. The van der Waals surface area contributed by atoms with Crippen molar-refractivity contribution in [2.75, 3.05) is 32.8 Å². The van der Waals surface area contributed by atoms with Crippen molar-refractivity contribution in [1.29, 1.82) is 0 Å². The van der Waals surface area contributed by atoms with Gasteiger partial charge in [0.25, 0.3) is 0 Å². The fourth-order valence-corrected chi connectivity index (χ4v) is 7.16. The third-order valence-electron chi connectivity index (χ3n) is 8.72. The zero-order chi connectivity index (χ0) is 22.0. The summed E-state index contributed by atoms with van der Waals surface area (Å²) in [5.41, 5.74) is -0.438. The minimum atomic E-state index is -0.782. The molecule has 0 aromatic heterocycles. The minimum absolute atomic E-state index is 0.137. The Morgan fingerprint density at radius 3 is 2.66 bits per heavy atom. The molecule has 9 heteroatoms. The molecule has 9 nitrogen and oxygen atoms in total. The Kier molecular flexibility index (Phi) is 5.00. The molecule has 0 spiro atoms. The van der Waals surface area contributed by atoms with E-state index in [2.05, 4.69) is 6.92 Å². The maximum Gasteiger partial charge on any atom is 0.320 e. The van der Waals surface area contributed by atoms with Crippen LogP contribution in [0.5, 0.6) is 0 Å². The average Bonchev–Trinajstić information content (AvgIpc) is 3.56. The highest BCUT2D eigenvalue weighted by Gasteiger charge is 2.72. The Balaban J connectivity index is 1.17. The quantitative estimate of drug-likeness (QED) is 0.428. The first-order chi connectivity index (χ1) is 15.5. The lowest BCUT2D eigenvalue weighted by atomic mass is 9.77. The van der Waals surface area contributed by atoms with Gasteiger partial charge in [-0.05, 0) is 43.9 Å². The lowest BCUT2D eigenvalue weighted by Crippen LogP contribution is -2.51. The first kappa shape index (κ1) is 20.9. The van der Waals surface area contributed by atoms with Crippen molar-refractivity contribution < 1.29 is 38.1 Å². The summed E-state index contributed by atoms with van der Waals surface area (Å²) >= 11 is 0. The van der Waals surface area contributed by atoms with Gasteiger partial charge in [0.2, 0.25) is 0 Å². The predicted octanol–water partition coefficient (Wildman–Crippen LogP) is 0.681. The van der Waals surface area contributed by atoms with Crippen molar-refractivity contribution in [3.8, 4) is 0 Å². The summed E-state index contributed by atoms with van der Waals surface area (Å²) in [5.74, 6) is -1.68. The van der Waals surface area contributed by atoms with Crippen LogP contribution in [0.25, 0.3) is 0 Å². The van der Waals surface area contributed by atoms with E-state index in [0.717, 1.165) is 25.7 Å². The monoisotopic (exact) mass is 449 g/mol. The lowest BCUT2D eigenvalue weighted by molar-refractivity contribution is -0.179. The van der Waals surface area contributed by atoms with Gasteiger partial charge in [-0.15, -0.1) is 0 Å². The van der Waals surface area contributed by atoms with E-state index in [1.54, 1.807) is 0 Å². The third kappa shape index (κ3) is 3.11. The summed E-state index contributed by atoms with van der Waals surface area (Å²) in [6.45, 7) is 4.71. The fraction of sp³-hybridized carbons (Fsp3) is 0.870. The predicted molar refractivity (Wildman–Crippen MR) is 107 cm³/mol. The largest absolute Gasteiger partial charge is 0.458 e. The summed E-state index contributed by atoms with van der Waals surface area (Å²) < 4.78 is 28.8. The molecule has 0 radical (unpaired) electrons. The molecule has 2 saturated carbocycles. The second-order valence-corrected chi connectivity index (χ2v) is 10.3. The van der Waals surface area contributed by atoms with E-state index in [-0.39, 0.29) is 6.54 Å². The molecule has 4 aliphatic heterocycles. The molecule has 9 atom stereocenters. The minimum Gasteiger partial charge on any atom is -0.458 e. The van der Waals surface area contributed by atoms with Crippen molar-refractivity contribution in [3.05, 3.63) is 0 Å². The molecule has 176 valence electrons. The number of hydrogen-bond donors (Lipinski definition) is 0. The Morgan fingerprint density at radius 1 is 1.16 bits per heavy atom. The zero-order valence-electron chi connectivity index (χ0n) is 18.4. The van der Waals surface area contributed by atoms with Crippen LogP contribution in [0.15, 0.2) is 0 Å². The standard InChI is InChI=1S/C23H31NO8/c1-2-23(10-12-3-4-13(23)9-12)32-22(27)16-15-17-20(31-21(15)26)19(18(16)30-17)29-14(25)11-24-5-7-28-8-6-24/h12-13,15-20H,2-11H2,1H3. The van der Waals surface area contributed by atoms with Crippen LogP contribution < -0.4 is 0 Å². The number of hydrogen-bond acceptors (Lipinski definition) is 9. The second-order valence-electron chi connectivity index (χ2n) is 10.3. The highest BCUT2D eigenvalue weighted by molar-refractivity contribution is 5.87.